The van der Waals surface area contributed by atoms with Crippen molar-refractivity contribution in [2.75, 3.05) is 13.6 Å². The topological polar surface area (TPSA) is 34.0 Å². The zero-order chi connectivity index (χ0) is 9.42. The van der Waals surface area contributed by atoms with Gasteiger partial charge >= 0.3 is 0 Å². The molecule has 1 aliphatic rings. The number of hydrogen-bond acceptors (Lipinski definition) is 3. The van der Waals surface area contributed by atoms with Crippen LogP contribution in [-0.4, -0.2) is 33.3 Å². The molecule has 1 aromatic rings. The Balaban J connectivity index is 2.35. The molecule has 1 aliphatic heterocycles. The van der Waals surface area contributed by atoms with Gasteiger partial charge < -0.3 is 4.57 Å². The fraction of sp³-hybridized carbons (Fsp3) is 0.778. The van der Waals surface area contributed by atoms with Crippen LogP contribution in [0.2, 0.25) is 0 Å². The van der Waals surface area contributed by atoms with Crippen molar-refractivity contribution in [3.63, 3.8) is 0 Å². The SMILES string of the molecule is CC(C)c1nnc2n1CN(C)CC2. The van der Waals surface area contributed by atoms with Gasteiger partial charge in [0.2, 0.25) is 0 Å². The van der Waals surface area contributed by atoms with Gasteiger partial charge in [-0.1, -0.05) is 13.8 Å². The summed E-state index contributed by atoms with van der Waals surface area (Å²) >= 11 is 0. The van der Waals surface area contributed by atoms with Crippen LogP contribution in [0, 0.1) is 0 Å². The second-order valence-electron chi connectivity index (χ2n) is 4.03. The third-order valence-electron chi connectivity index (χ3n) is 2.47. The van der Waals surface area contributed by atoms with Crippen LogP contribution in [0.15, 0.2) is 0 Å². The van der Waals surface area contributed by atoms with E-state index in [9.17, 15) is 0 Å². The van der Waals surface area contributed by atoms with Crippen molar-refractivity contribution in [3.05, 3.63) is 11.6 Å². The highest BCUT2D eigenvalue weighted by Gasteiger charge is 2.19. The highest BCUT2D eigenvalue weighted by Crippen LogP contribution is 2.16. The van der Waals surface area contributed by atoms with Gasteiger partial charge in [0.25, 0.3) is 0 Å². The summed E-state index contributed by atoms with van der Waals surface area (Å²) in [7, 11) is 2.13. The van der Waals surface area contributed by atoms with Crippen LogP contribution >= 0.6 is 0 Å². The van der Waals surface area contributed by atoms with Crippen LogP contribution in [0.1, 0.15) is 31.4 Å². The summed E-state index contributed by atoms with van der Waals surface area (Å²) < 4.78 is 2.23. The van der Waals surface area contributed by atoms with E-state index in [4.69, 9.17) is 0 Å². The fourth-order valence-corrected chi connectivity index (χ4v) is 1.72. The number of likely N-dealkylation sites (N-methyl/N-ethyl adjacent to an activating group) is 1. The molecule has 0 radical (unpaired) electrons. The summed E-state index contributed by atoms with van der Waals surface area (Å²) in [6.07, 6.45) is 1.02. The molecule has 0 fully saturated rings. The third-order valence-corrected chi connectivity index (χ3v) is 2.47. The Kier molecular flexibility index (Phi) is 2.07. The smallest absolute Gasteiger partial charge is 0.136 e. The van der Waals surface area contributed by atoms with Crippen molar-refractivity contribution in [1.82, 2.24) is 19.7 Å². The number of aromatic nitrogens is 3. The largest absolute Gasteiger partial charge is 0.301 e. The van der Waals surface area contributed by atoms with Gasteiger partial charge in [-0.3, -0.25) is 4.90 Å². The molecule has 0 amide bonds. The molecule has 0 bridgehead atoms. The summed E-state index contributed by atoms with van der Waals surface area (Å²) in [6, 6.07) is 0. The quantitative estimate of drug-likeness (QED) is 0.642. The maximum absolute atomic E-state index is 4.22. The van der Waals surface area contributed by atoms with Crippen LogP contribution in [-0.2, 0) is 13.1 Å². The van der Waals surface area contributed by atoms with Gasteiger partial charge in [0, 0.05) is 18.9 Å². The number of fused-ring (bicyclic) bond motifs is 1. The summed E-state index contributed by atoms with van der Waals surface area (Å²) in [4.78, 5) is 2.29. The molecule has 2 heterocycles. The van der Waals surface area contributed by atoms with E-state index < -0.39 is 0 Å². The number of rotatable bonds is 1. The van der Waals surface area contributed by atoms with Gasteiger partial charge in [-0.25, -0.2) is 0 Å². The predicted molar refractivity (Wildman–Crippen MR) is 50.4 cm³/mol. The number of nitrogens with zero attached hydrogens (tertiary/aromatic N) is 4. The van der Waals surface area contributed by atoms with E-state index in [1.54, 1.807) is 0 Å². The molecular formula is C9H16N4. The molecule has 4 nitrogen and oxygen atoms in total. The molecule has 0 saturated carbocycles. The Bertz CT molecular complexity index is 303. The zero-order valence-electron chi connectivity index (χ0n) is 8.49. The zero-order valence-corrected chi connectivity index (χ0v) is 8.49. The van der Waals surface area contributed by atoms with Crippen LogP contribution in [0.4, 0.5) is 0 Å². The average Bonchev–Trinajstić information content (AvgIpc) is 2.46. The van der Waals surface area contributed by atoms with Crippen molar-refractivity contribution < 1.29 is 0 Å². The summed E-state index contributed by atoms with van der Waals surface area (Å²) in [5.41, 5.74) is 0. The second-order valence-corrected chi connectivity index (χ2v) is 4.03. The molecule has 0 saturated heterocycles. The molecular weight excluding hydrogens is 164 g/mol. The summed E-state index contributed by atoms with van der Waals surface area (Å²) in [6.45, 7) is 6.35. The van der Waals surface area contributed by atoms with Crippen molar-refractivity contribution in [2.45, 2.75) is 32.9 Å². The third kappa shape index (κ3) is 1.46. The molecule has 1 aromatic heterocycles. The molecule has 2 rings (SSSR count). The Labute approximate surface area is 78.6 Å². The van der Waals surface area contributed by atoms with Gasteiger partial charge in [0.05, 0.1) is 6.67 Å². The van der Waals surface area contributed by atoms with E-state index in [1.807, 2.05) is 0 Å². The summed E-state index contributed by atoms with van der Waals surface area (Å²) in [5, 5.41) is 8.42. The Hall–Kier alpha value is -0.900. The first-order valence-corrected chi connectivity index (χ1v) is 4.79. The highest BCUT2D eigenvalue weighted by molar-refractivity contribution is 5.02. The molecule has 4 heteroatoms. The standard InChI is InChI=1S/C9H16N4/c1-7(2)9-11-10-8-4-5-12(3)6-13(8)9/h7H,4-6H2,1-3H3. The Morgan fingerprint density at radius 3 is 2.77 bits per heavy atom. The molecule has 13 heavy (non-hydrogen) atoms. The van der Waals surface area contributed by atoms with Crippen LogP contribution in [0.3, 0.4) is 0 Å². The first kappa shape index (κ1) is 8.69. The lowest BCUT2D eigenvalue weighted by Gasteiger charge is -2.24. The van der Waals surface area contributed by atoms with Gasteiger partial charge in [-0.05, 0) is 7.05 Å². The van der Waals surface area contributed by atoms with E-state index in [-0.39, 0.29) is 0 Å². The van der Waals surface area contributed by atoms with Gasteiger partial charge in [0.15, 0.2) is 0 Å². The Morgan fingerprint density at radius 1 is 1.31 bits per heavy atom. The lowest BCUT2D eigenvalue weighted by molar-refractivity contribution is 0.232. The minimum Gasteiger partial charge on any atom is -0.301 e. The van der Waals surface area contributed by atoms with Gasteiger partial charge in [-0.2, -0.15) is 0 Å². The molecule has 0 aromatic carbocycles. The normalized spacial score (nSPS) is 17.8. The maximum atomic E-state index is 4.22. The second kappa shape index (κ2) is 3.10. The van der Waals surface area contributed by atoms with Crippen molar-refractivity contribution in [3.8, 4) is 0 Å². The van der Waals surface area contributed by atoms with Crippen LogP contribution in [0.5, 0.6) is 0 Å². The van der Waals surface area contributed by atoms with E-state index in [0.29, 0.717) is 5.92 Å². The lowest BCUT2D eigenvalue weighted by Crippen LogP contribution is -2.32. The van der Waals surface area contributed by atoms with Gasteiger partial charge in [-0.15, -0.1) is 10.2 Å². The fourth-order valence-electron chi connectivity index (χ4n) is 1.72. The van der Waals surface area contributed by atoms with Crippen LogP contribution < -0.4 is 0 Å². The highest BCUT2D eigenvalue weighted by atomic mass is 15.4. The van der Waals surface area contributed by atoms with Crippen molar-refractivity contribution in [2.24, 2.45) is 0 Å². The molecule has 0 aliphatic carbocycles. The lowest BCUT2D eigenvalue weighted by atomic mass is 10.2. The minimum absolute atomic E-state index is 0.466. The monoisotopic (exact) mass is 180 g/mol. The van der Waals surface area contributed by atoms with Crippen molar-refractivity contribution in [1.29, 1.82) is 0 Å². The molecule has 0 unspecified atom stereocenters. The predicted octanol–water partition coefficient (Wildman–Crippen LogP) is 0.847. The molecule has 72 valence electrons. The van der Waals surface area contributed by atoms with Crippen molar-refractivity contribution >= 4 is 0 Å². The molecule has 0 spiro atoms. The first-order valence-electron chi connectivity index (χ1n) is 4.79. The van der Waals surface area contributed by atoms with Crippen LogP contribution in [0.25, 0.3) is 0 Å². The Morgan fingerprint density at radius 2 is 2.08 bits per heavy atom. The first-order chi connectivity index (χ1) is 6.18. The maximum Gasteiger partial charge on any atom is 0.136 e. The summed E-state index contributed by atoms with van der Waals surface area (Å²) in [5.74, 6) is 2.72. The van der Waals surface area contributed by atoms with E-state index in [0.717, 1.165) is 31.3 Å². The number of hydrogen-bond donors (Lipinski definition) is 0. The molecule has 0 N–H and O–H groups in total. The van der Waals surface area contributed by atoms with Gasteiger partial charge in [0.1, 0.15) is 11.6 Å². The average molecular weight is 180 g/mol. The van der Waals surface area contributed by atoms with E-state index >= 15 is 0 Å². The van der Waals surface area contributed by atoms with E-state index in [1.165, 1.54) is 0 Å². The minimum atomic E-state index is 0.466. The molecule has 0 atom stereocenters. The van der Waals surface area contributed by atoms with E-state index in [2.05, 4.69) is 40.6 Å².